The van der Waals surface area contributed by atoms with E-state index in [1.165, 1.54) is 0 Å². The Morgan fingerprint density at radius 3 is 2.26 bits per heavy atom. The van der Waals surface area contributed by atoms with Crippen molar-refractivity contribution in [1.29, 1.82) is 0 Å². The number of aryl methyl sites for hydroxylation is 1. The molecule has 0 aliphatic carbocycles. The molecule has 1 aromatic heterocycles. The number of carboxylic acid groups (broad SMARTS) is 1. The summed E-state index contributed by atoms with van der Waals surface area (Å²) in [6.07, 6.45) is 1.59. The highest BCUT2D eigenvalue weighted by Crippen LogP contribution is 2.25. The fraction of sp³-hybridized carbons (Fsp3) is 0.333. The van der Waals surface area contributed by atoms with Crippen LogP contribution < -0.4 is 0 Å². The summed E-state index contributed by atoms with van der Waals surface area (Å²) in [4.78, 5) is 11.3. The van der Waals surface area contributed by atoms with Gasteiger partial charge in [0.1, 0.15) is 11.3 Å². The highest BCUT2D eigenvalue weighted by molar-refractivity contribution is 5.94. The van der Waals surface area contributed by atoms with Crippen molar-refractivity contribution in [3.05, 3.63) is 41.6 Å². The Kier molecular flexibility index (Phi) is 3.18. The number of hydrogen-bond donors (Lipinski definition) is 1. The molecule has 1 aromatic carbocycles. The van der Waals surface area contributed by atoms with Crippen LogP contribution >= 0.6 is 0 Å². The van der Waals surface area contributed by atoms with Crippen LogP contribution in [0.1, 0.15) is 36.7 Å². The van der Waals surface area contributed by atoms with Crippen molar-refractivity contribution in [3.8, 4) is 11.3 Å². The molecule has 1 N–H and O–H groups in total. The van der Waals surface area contributed by atoms with Crippen LogP contribution in [0.4, 0.5) is 0 Å². The van der Waals surface area contributed by atoms with Crippen LogP contribution in [0.2, 0.25) is 0 Å². The van der Waals surface area contributed by atoms with Gasteiger partial charge in [-0.3, -0.25) is 4.68 Å². The predicted molar refractivity (Wildman–Crippen MR) is 74.4 cm³/mol. The number of carboxylic acids is 1. The lowest BCUT2D eigenvalue weighted by Gasteiger charge is -2.18. The highest BCUT2D eigenvalue weighted by atomic mass is 16.4. The standard InChI is InChI=1S/C15H18N2O2/c1-10-5-7-11(8-6-10)13-12(14(18)19)9-17(16-13)15(2,3)4/h5-9H,1-4H3,(H,18,19). The summed E-state index contributed by atoms with van der Waals surface area (Å²) in [6.45, 7) is 7.97. The van der Waals surface area contributed by atoms with E-state index in [0.717, 1.165) is 11.1 Å². The van der Waals surface area contributed by atoms with Crippen LogP contribution in [0.15, 0.2) is 30.5 Å². The van der Waals surface area contributed by atoms with Gasteiger partial charge < -0.3 is 5.11 Å². The van der Waals surface area contributed by atoms with E-state index in [-0.39, 0.29) is 11.1 Å². The van der Waals surface area contributed by atoms with Crippen LogP contribution in [0, 0.1) is 6.92 Å². The van der Waals surface area contributed by atoms with Crippen molar-refractivity contribution >= 4 is 5.97 Å². The number of aromatic nitrogens is 2. The highest BCUT2D eigenvalue weighted by Gasteiger charge is 2.22. The minimum atomic E-state index is -0.953. The number of rotatable bonds is 2. The number of aromatic carboxylic acids is 1. The van der Waals surface area contributed by atoms with E-state index in [0.29, 0.717) is 5.69 Å². The van der Waals surface area contributed by atoms with Crippen molar-refractivity contribution < 1.29 is 9.90 Å². The van der Waals surface area contributed by atoms with E-state index < -0.39 is 5.97 Å². The maximum Gasteiger partial charge on any atom is 0.339 e. The second-order valence-electron chi connectivity index (χ2n) is 5.68. The minimum Gasteiger partial charge on any atom is -0.478 e. The van der Waals surface area contributed by atoms with Gasteiger partial charge >= 0.3 is 5.97 Å². The zero-order valence-electron chi connectivity index (χ0n) is 11.6. The normalized spacial score (nSPS) is 11.6. The number of nitrogens with zero attached hydrogens (tertiary/aromatic N) is 2. The minimum absolute atomic E-state index is 0.235. The van der Waals surface area contributed by atoms with Gasteiger partial charge in [-0.25, -0.2) is 4.79 Å². The largest absolute Gasteiger partial charge is 0.478 e. The average molecular weight is 258 g/mol. The molecule has 0 fully saturated rings. The van der Waals surface area contributed by atoms with Crippen molar-refractivity contribution in [3.63, 3.8) is 0 Å². The summed E-state index contributed by atoms with van der Waals surface area (Å²) < 4.78 is 1.70. The van der Waals surface area contributed by atoms with Gasteiger partial charge in [0.05, 0.1) is 5.54 Å². The lowest BCUT2D eigenvalue weighted by molar-refractivity contribution is 0.0697. The Morgan fingerprint density at radius 2 is 1.79 bits per heavy atom. The van der Waals surface area contributed by atoms with Crippen LogP contribution in [0.3, 0.4) is 0 Å². The first-order chi connectivity index (χ1) is 8.79. The third-order valence-corrected chi connectivity index (χ3v) is 2.96. The molecule has 0 aliphatic heterocycles. The maximum atomic E-state index is 11.3. The van der Waals surface area contributed by atoms with E-state index in [1.807, 2.05) is 52.0 Å². The Morgan fingerprint density at radius 1 is 1.21 bits per heavy atom. The number of carbonyl (C=O) groups is 1. The topological polar surface area (TPSA) is 55.1 Å². The van der Waals surface area contributed by atoms with E-state index >= 15 is 0 Å². The lowest BCUT2D eigenvalue weighted by atomic mass is 10.1. The fourth-order valence-electron chi connectivity index (χ4n) is 1.80. The molecule has 100 valence electrons. The maximum absolute atomic E-state index is 11.3. The molecule has 2 rings (SSSR count). The van der Waals surface area contributed by atoms with E-state index in [9.17, 15) is 9.90 Å². The van der Waals surface area contributed by atoms with Crippen molar-refractivity contribution in [2.45, 2.75) is 33.2 Å². The Balaban J connectivity index is 2.58. The monoisotopic (exact) mass is 258 g/mol. The van der Waals surface area contributed by atoms with Crippen LogP contribution in [0.25, 0.3) is 11.3 Å². The van der Waals surface area contributed by atoms with Gasteiger partial charge in [0.15, 0.2) is 0 Å². The van der Waals surface area contributed by atoms with Gasteiger partial charge in [-0.1, -0.05) is 29.8 Å². The summed E-state index contributed by atoms with van der Waals surface area (Å²) in [6, 6.07) is 7.71. The van der Waals surface area contributed by atoms with Gasteiger partial charge in [0, 0.05) is 11.8 Å². The molecular formula is C15H18N2O2. The molecule has 0 unspecified atom stereocenters. The molecule has 2 aromatic rings. The van der Waals surface area contributed by atoms with Crippen LogP contribution in [0.5, 0.6) is 0 Å². The molecule has 0 radical (unpaired) electrons. The molecule has 0 aliphatic rings. The number of hydrogen-bond acceptors (Lipinski definition) is 2. The van der Waals surface area contributed by atoms with E-state index in [4.69, 9.17) is 0 Å². The van der Waals surface area contributed by atoms with Gasteiger partial charge in [-0.05, 0) is 27.7 Å². The Bertz CT molecular complexity index is 604. The van der Waals surface area contributed by atoms with Crippen molar-refractivity contribution in [2.75, 3.05) is 0 Å². The Labute approximate surface area is 112 Å². The molecule has 0 saturated carbocycles. The van der Waals surface area contributed by atoms with Gasteiger partial charge in [-0.2, -0.15) is 5.10 Å². The van der Waals surface area contributed by atoms with Gasteiger partial charge in [-0.15, -0.1) is 0 Å². The van der Waals surface area contributed by atoms with E-state index in [1.54, 1.807) is 10.9 Å². The lowest BCUT2D eigenvalue weighted by Crippen LogP contribution is -2.22. The molecule has 0 bridgehead atoms. The molecule has 4 heteroatoms. The molecule has 4 nitrogen and oxygen atoms in total. The number of benzene rings is 1. The van der Waals surface area contributed by atoms with Crippen molar-refractivity contribution in [1.82, 2.24) is 9.78 Å². The van der Waals surface area contributed by atoms with Crippen LogP contribution in [-0.4, -0.2) is 20.9 Å². The summed E-state index contributed by atoms with van der Waals surface area (Å²) in [7, 11) is 0. The quantitative estimate of drug-likeness (QED) is 0.899. The summed E-state index contributed by atoms with van der Waals surface area (Å²) >= 11 is 0. The fourth-order valence-corrected chi connectivity index (χ4v) is 1.80. The van der Waals surface area contributed by atoms with Gasteiger partial charge in [0.2, 0.25) is 0 Å². The zero-order chi connectivity index (χ0) is 14.2. The molecule has 0 atom stereocenters. The third kappa shape index (κ3) is 2.67. The molecule has 0 amide bonds. The van der Waals surface area contributed by atoms with Crippen molar-refractivity contribution in [2.24, 2.45) is 0 Å². The molecule has 1 heterocycles. The second-order valence-corrected chi connectivity index (χ2v) is 5.68. The second kappa shape index (κ2) is 4.53. The molecular weight excluding hydrogens is 240 g/mol. The average Bonchev–Trinajstić information content (AvgIpc) is 2.74. The summed E-state index contributed by atoms with van der Waals surface area (Å²) in [5.74, 6) is -0.953. The summed E-state index contributed by atoms with van der Waals surface area (Å²) in [5, 5.41) is 13.7. The SMILES string of the molecule is Cc1ccc(-c2nn(C(C)(C)C)cc2C(=O)O)cc1. The first kappa shape index (κ1) is 13.3. The Hall–Kier alpha value is -2.10. The van der Waals surface area contributed by atoms with E-state index in [2.05, 4.69) is 5.10 Å². The molecule has 19 heavy (non-hydrogen) atoms. The van der Waals surface area contributed by atoms with Crippen LogP contribution in [-0.2, 0) is 5.54 Å². The zero-order valence-corrected chi connectivity index (χ0v) is 11.6. The predicted octanol–water partition coefficient (Wildman–Crippen LogP) is 3.31. The smallest absolute Gasteiger partial charge is 0.339 e. The first-order valence-electron chi connectivity index (χ1n) is 6.19. The molecule has 0 saturated heterocycles. The third-order valence-electron chi connectivity index (χ3n) is 2.96. The summed E-state index contributed by atoms with van der Waals surface area (Å²) in [5.41, 5.74) is 2.47. The molecule has 0 spiro atoms. The first-order valence-corrected chi connectivity index (χ1v) is 6.19. The van der Waals surface area contributed by atoms with Gasteiger partial charge in [0.25, 0.3) is 0 Å².